The molecule has 0 unspecified atom stereocenters. The molecule has 2 rings (SSSR count). The molecule has 102 valence electrons. The minimum absolute atomic E-state index is 0. The maximum absolute atomic E-state index is 3.96. The predicted molar refractivity (Wildman–Crippen MR) is 81.3 cm³/mol. The second-order valence-electron chi connectivity index (χ2n) is 4.26. The molecule has 0 aromatic carbocycles. The Morgan fingerprint density at radius 2 is 0.737 bits per heavy atom. The van der Waals surface area contributed by atoms with E-state index >= 15 is 0 Å². The zero-order valence-corrected chi connectivity index (χ0v) is 14.7. The monoisotopic (exact) mass is 332 g/mol. The minimum atomic E-state index is 0. The molecule has 0 aromatic rings. The minimum Gasteiger partial charge on any atom is -0.342 e. The molecule has 0 saturated heterocycles. The number of hydrogen-bond donors (Lipinski definition) is 0. The van der Waals surface area contributed by atoms with Crippen LogP contribution in [-0.4, -0.2) is 0 Å². The SMILES string of the molecule is [CH2-][C@@H](CC)[C@@H]([CH2-])CC.[CH]1[CH][CH][CH][CH]1.[CH]1[CH][CH][CH][CH]1.[Zr+2]. The number of rotatable bonds is 3. The molecule has 0 bridgehead atoms. The van der Waals surface area contributed by atoms with Gasteiger partial charge in [0, 0.05) is 0 Å². The molecule has 2 fully saturated rings. The van der Waals surface area contributed by atoms with Gasteiger partial charge in [-0.3, -0.25) is 0 Å². The van der Waals surface area contributed by atoms with Crippen molar-refractivity contribution in [1.82, 2.24) is 0 Å². The third-order valence-electron chi connectivity index (χ3n) is 2.83. The van der Waals surface area contributed by atoms with Crippen LogP contribution in [0.25, 0.3) is 0 Å². The molecule has 2 saturated carbocycles. The largest absolute Gasteiger partial charge is 2.00 e. The van der Waals surface area contributed by atoms with E-state index in [1.54, 1.807) is 0 Å². The van der Waals surface area contributed by atoms with E-state index in [0.29, 0.717) is 11.8 Å². The van der Waals surface area contributed by atoms with Gasteiger partial charge < -0.3 is 13.8 Å². The Hall–Kier alpha value is 0.883. The Kier molecular flexibility index (Phi) is 19.8. The van der Waals surface area contributed by atoms with E-state index in [4.69, 9.17) is 0 Å². The third-order valence-corrected chi connectivity index (χ3v) is 2.83. The van der Waals surface area contributed by atoms with Crippen molar-refractivity contribution in [2.75, 3.05) is 0 Å². The van der Waals surface area contributed by atoms with Crippen LogP contribution in [0.2, 0.25) is 0 Å². The molecular weight excluding hydrogens is 307 g/mol. The van der Waals surface area contributed by atoms with Crippen molar-refractivity contribution in [2.24, 2.45) is 11.8 Å². The first kappa shape index (κ1) is 22.2. The molecule has 0 nitrogen and oxygen atoms in total. The van der Waals surface area contributed by atoms with E-state index in [1.807, 2.05) is 64.2 Å². The maximum atomic E-state index is 3.96. The van der Waals surface area contributed by atoms with Crippen molar-refractivity contribution in [2.45, 2.75) is 26.7 Å². The molecule has 19 heavy (non-hydrogen) atoms. The van der Waals surface area contributed by atoms with Crippen LogP contribution in [0.5, 0.6) is 0 Å². The van der Waals surface area contributed by atoms with Crippen molar-refractivity contribution in [1.29, 1.82) is 0 Å². The zero-order chi connectivity index (χ0) is 13.6. The molecule has 0 N–H and O–H groups in total. The van der Waals surface area contributed by atoms with Gasteiger partial charge in [0.1, 0.15) is 0 Å². The van der Waals surface area contributed by atoms with Gasteiger partial charge in [0.25, 0.3) is 0 Å². The van der Waals surface area contributed by atoms with Crippen LogP contribution in [0, 0.1) is 89.9 Å². The Bertz CT molecular complexity index is 115. The van der Waals surface area contributed by atoms with E-state index in [1.165, 1.54) is 0 Å². The smallest absolute Gasteiger partial charge is 0.342 e. The second kappa shape index (κ2) is 16.9. The summed E-state index contributed by atoms with van der Waals surface area (Å²) in [7, 11) is 0. The average molecular weight is 334 g/mol. The summed E-state index contributed by atoms with van der Waals surface area (Å²) in [6, 6.07) is 0. The van der Waals surface area contributed by atoms with Crippen LogP contribution in [0.1, 0.15) is 26.7 Å². The van der Waals surface area contributed by atoms with Gasteiger partial charge in [-0.05, 0) is 64.2 Å². The van der Waals surface area contributed by atoms with Crippen LogP contribution in [0.15, 0.2) is 0 Å². The summed E-state index contributed by atoms with van der Waals surface area (Å²) >= 11 is 0. The molecular formula is C18H26Zr. The van der Waals surface area contributed by atoms with Crippen LogP contribution in [-0.2, 0) is 26.2 Å². The molecule has 0 spiro atoms. The summed E-state index contributed by atoms with van der Waals surface area (Å²) in [6.45, 7) is 12.2. The first-order chi connectivity index (χ1) is 8.72. The van der Waals surface area contributed by atoms with E-state index < -0.39 is 0 Å². The van der Waals surface area contributed by atoms with Gasteiger partial charge in [-0.2, -0.15) is 11.8 Å². The van der Waals surface area contributed by atoms with Crippen molar-refractivity contribution in [3.05, 3.63) is 78.1 Å². The predicted octanol–water partition coefficient (Wildman–Crippen LogP) is 4.75. The van der Waals surface area contributed by atoms with Gasteiger partial charge in [0.05, 0.1) is 0 Å². The van der Waals surface area contributed by atoms with E-state index in [0.717, 1.165) is 12.8 Å². The second-order valence-corrected chi connectivity index (χ2v) is 4.26. The van der Waals surface area contributed by atoms with E-state index in [2.05, 4.69) is 27.7 Å². The summed E-state index contributed by atoms with van der Waals surface area (Å²) in [5.41, 5.74) is 0. The Morgan fingerprint density at radius 3 is 0.842 bits per heavy atom. The molecule has 2 aliphatic rings. The Balaban J connectivity index is 0. The van der Waals surface area contributed by atoms with Crippen molar-refractivity contribution in [3.8, 4) is 0 Å². The number of hydrogen-bond acceptors (Lipinski definition) is 0. The molecule has 10 radical (unpaired) electrons. The fraction of sp³-hybridized carbons (Fsp3) is 0.333. The molecule has 1 heteroatoms. The standard InChI is InChI=1S/C8H16.2C5H5.Zr/c1-5-7(3)8(4)6-2;2*1-2-4-5-3-1;/h7-8H,3-6H2,1-2H3;2*1-5H;/q-2;;;+2/t7-,8-;;;/m0.../s1. The summed E-state index contributed by atoms with van der Waals surface area (Å²) in [5, 5.41) is 0. The normalized spacial score (nSPS) is 20.2. The molecule has 0 heterocycles. The first-order valence-corrected chi connectivity index (χ1v) is 6.71. The Labute approximate surface area is 142 Å². The molecule has 0 amide bonds. The van der Waals surface area contributed by atoms with Crippen LogP contribution in [0.4, 0.5) is 0 Å². The fourth-order valence-electron chi connectivity index (χ4n) is 1.31. The van der Waals surface area contributed by atoms with Crippen LogP contribution >= 0.6 is 0 Å². The Morgan fingerprint density at radius 1 is 0.579 bits per heavy atom. The van der Waals surface area contributed by atoms with Gasteiger partial charge in [-0.15, -0.1) is 0 Å². The maximum Gasteiger partial charge on any atom is 2.00 e. The van der Waals surface area contributed by atoms with Gasteiger partial charge in [0.2, 0.25) is 0 Å². The summed E-state index contributed by atoms with van der Waals surface area (Å²) < 4.78 is 0. The third kappa shape index (κ3) is 15.1. The zero-order valence-electron chi connectivity index (χ0n) is 12.3. The van der Waals surface area contributed by atoms with Gasteiger partial charge in [-0.25, -0.2) is 0 Å². The molecule has 2 aliphatic carbocycles. The topological polar surface area (TPSA) is 0 Å². The average Bonchev–Trinajstić information content (AvgIpc) is 3.12. The van der Waals surface area contributed by atoms with Gasteiger partial charge in [-0.1, -0.05) is 26.7 Å². The molecule has 0 aromatic heterocycles. The summed E-state index contributed by atoms with van der Waals surface area (Å²) in [5.74, 6) is 1.11. The van der Waals surface area contributed by atoms with Gasteiger partial charge >= 0.3 is 26.2 Å². The van der Waals surface area contributed by atoms with Crippen molar-refractivity contribution >= 4 is 0 Å². The first-order valence-electron chi connectivity index (χ1n) is 6.71. The molecule has 0 aliphatic heterocycles. The van der Waals surface area contributed by atoms with Gasteiger partial charge in [0.15, 0.2) is 0 Å². The fourth-order valence-corrected chi connectivity index (χ4v) is 1.31. The van der Waals surface area contributed by atoms with E-state index in [9.17, 15) is 0 Å². The van der Waals surface area contributed by atoms with Crippen molar-refractivity contribution in [3.63, 3.8) is 0 Å². The molecule has 2 atom stereocenters. The van der Waals surface area contributed by atoms with Crippen molar-refractivity contribution < 1.29 is 26.2 Å². The van der Waals surface area contributed by atoms with Crippen LogP contribution in [0.3, 0.4) is 0 Å². The summed E-state index contributed by atoms with van der Waals surface area (Å²) in [6.07, 6.45) is 22.3. The van der Waals surface area contributed by atoms with Crippen LogP contribution < -0.4 is 0 Å². The summed E-state index contributed by atoms with van der Waals surface area (Å²) in [4.78, 5) is 0. The van der Waals surface area contributed by atoms with E-state index in [-0.39, 0.29) is 26.2 Å². The quantitative estimate of drug-likeness (QED) is 0.654.